The predicted octanol–water partition coefficient (Wildman–Crippen LogP) is 1.14. The third-order valence-corrected chi connectivity index (χ3v) is 5.14. The summed E-state index contributed by atoms with van der Waals surface area (Å²) in [5.41, 5.74) is 0. The number of urea groups is 1. The lowest BCUT2D eigenvalue weighted by Crippen LogP contribution is -2.49. The van der Waals surface area contributed by atoms with Gasteiger partial charge in [0.05, 0.1) is 0 Å². The Morgan fingerprint density at radius 1 is 1.14 bits per heavy atom. The lowest BCUT2D eigenvalue weighted by Gasteiger charge is -2.34. The molecule has 3 amide bonds. The fourth-order valence-electron chi connectivity index (χ4n) is 2.81. The second-order valence-corrected chi connectivity index (χ2v) is 7.36. The van der Waals surface area contributed by atoms with Gasteiger partial charge in [-0.2, -0.15) is 0 Å². The zero-order valence-electron chi connectivity index (χ0n) is 15.8. The summed E-state index contributed by atoms with van der Waals surface area (Å²) >= 11 is 1.36. The van der Waals surface area contributed by atoms with Gasteiger partial charge in [-0.05, 0) is 12.5 Å². The Morgan fingerprint density at radius 3 is 2.61 bits per heavy atom. The van der Waals surface area contributed by atoms with E-state index in [4.69, 9.17) is 0 Å². The van der Waals surface area contributed by atoms with Crippen molar-refractivity contribution in [2.45, 2.75) is 26.2 Å². The minimum Gasteiger partial charge on any atom is -0.339 e. The number of aromatic nitrogens is 4. The van der Waals surface area contributed by atoms with Gasteiger partial charge in [-0.1, -0.05) is 18.3 Å². The zero-order chi connectivity index (χ0) is 19.8. The van der Waals surface area contributed by atoms with Gasteiger partial charge in [0.15, 0.2) is 0 Å². The summed E-state index contributed by atoms with van der Waals surface area (Å²) in [6.07, 6.45) is 5.51. The average molecular weight is 405 g/mol. The van der Waals surface area contributed by atoms with Crippen LogP contribution in [0.4, 0.5) is 15.9 Å². The van der Waals surface area contributed by atoms with Gasteiger partial charge in [-0.25, -0.2) is 14.8 Å². The molecule has 0 unspecified atom stereocenters. The van der Waals surface area contributed by atoms with Crippen molar-refractivity contribution in [2.75, 3.05) is 42.9 Å². The Morgan fingerprint density at radius 2 is 1.89 bits per heavy atom. The number of hydrogen-bond acceptors (Lipinski definition) is 8. The highest BCUT2D eigenvalue weighted by atomic mass is 32.1. The van der Waals surface area contributed by atoms with E-state index in [0.29, 0.717) is 37.3 Å². The van der Waals surface area contributed by atoms with Crippen LogP contribution in [0.15, 0.2) is 18.5 Å². The first-order chi connectivity index (χ1) is 13.7. The standard InChI is InChI=1S/C17H24N8O2S/c1-2-4-13-22-23-17(28-13)21-16(27)20-8-5-14(26)24-9-11-25(12-10-24)15-18-6-3-7-19-15/h3,6-7H,2,4-5,8-12H2,1H3,(H2,20,21,23,27). The molecular formula is C17H24N8O2S. The number of carbonyl (C=O) groups excluding carboxylic acids is 2. The molecule has 1 fully saturated rings. The third-order valence-electron chi connectivity index (χ3n) is 4.24. The maximum atomic E-state index is 12.3. The second-order valence-electron chi connectivity index (χ2n) is 6.30. The van der Waals surface area contributed by atoms with Crippen LogP contribution in [0.2, 0.25) is 0 Å². The molecule has 0 saturated carbocycles. The number of rotatable bonds is 7. The SMILES string of the molecule is CCCc1nnc(NC(=O)NCCC(=O)N2CCN(c3ncccn3)CC2)s1. The van der Waals surface area contributed by atoms with E-state index < -0.39 is 0 Å². The van der Waals surface area contributed by atoms with Gasteiger partial charge >= 0.3 is 6.03 Å². The summed E-state index contributed by atoms with van der Waals surface area (Å²) < 4.78 is 0. The minimum absolute atomic E-state index is 0.0232. The number of hydrogen-bond donors (Lipinski definition) is 2. The molecule has 0 bridgehead atoms. The molecule has 3 rings (SSSR count). The zero-order valence-corrected chi connectivity index (χ0v) is 16.6. The van der Waals surface area contributed by atoms with Crippen LogP contribution in [-0.2, 0) is 11.2 Å². The lowest BCUT2D eigenvalue weighted by molar-refractivity contribution is -0.131. The summed E-state index contributed by atoms with van der Waals surface area (Å²) in [6.45, 7) is 4.96. The van der Waals surface area contributed by atoms with Gasteiger partial charge in [0.25, 0.3) is 0 Å². The number of piperazine rings is 1. The van der Waals surface area contributed by atoms with Crippen molar-refractivity contribution in [2.24, 2.45) is 0 Å². The van der Waals surface area contributed by atoms with E-state index in [-0.39, 0.29) is 24.9 Å². The molecule has 1 aliphatic rings. The fourth-order valence-corrected chi connectivity index (χ4v) is 3.65. The van der Waals surface area contributed by atoms with E-state index in [1.807, 2.05) is 0 Å². The minimum atomic E-state index is -0.377. The molecule has 2 aromatic heterocycles. The Labute approximate surface area is 167 Å². The normalized spacial score (nSPS) is 14.0. The second kappa shape index (κ2) is 9.93. The molecule has 1 aliphatic heterocycles. The van der Waals surface area contributed by atoms with Gasteiger partial charge in [-0.15, -0.1) is 10.2 Å². The van der Waals surface area contributed by atoms with E-state index in [1.54, 1.807) is 23.4 Å². The number of amides is 3. The molecule has 1 saturated heterocycles. The maximum Gasteiger partial charge on any atom is 0.321 e. The van der Waals surface area contributed by atoms with Crippen molar-refractivity contribution in [1.82, 2.24) is 30.4 Å². The molecule has 3 heterocycles. The molecule has 11 heteroatoms. The van der Waals surface area contributed by atoms with Crippen molar-refractivity contribution in [3.8, 4) is 0 Å². The molecule has 0 spiro atoms. The van der Waals surface area contributed by atoms with Crippen LogP contribution < -0.4 is 15.5 Å². The van der Waals surface area contributed by atoms with Crippen molar-refractivity contribution < 1.29 is 9.59 Å². The van der Waals surface area contributed by atoms with Gasteiger partial charge in [0, 0.05) is 58.0 Å². The van der Waals surface area contributed by atoms with Gasteiger partial charge in [-0.3, -0.25) is 10.1 Å². The first kappa shape index (κ1) is 19.9. The maximum absolute atomic E-state index is 12.3. The molecule has 0 aromatic carbocycles. The largest absolute Gasteiger partial charge is 0.339 e. The van der Waals surface area contributed by atoms with Gasteiger partial charge in [0.1, 0.15) is 5.01 Å². The van der Waals surface area contributed by atoms with Crippen LogP contribution >= 0.6 is 11.3 Å². The highest BCUT2D eigenvalue weighted by Gasteiger charge is 2.22. The van der Waals surface area contributed by atoms with Crippen LogP contribution in [0.3, 0.4) is 0 Å². The molecule has 10 nitrogen and oxygen atoms in total. The number of aryl methyl sites for hydroxylation is 1. The molecular weight excluding hydrogens is 380 g/mol. The Hall–Kier alpha value is -2.82. The number of carbonyl (C=O) groups is 2. The molecule has 150 valence electrons. The third kappa shape index (κ3) is 5.59. The van der Waals surface area contributed by atoms with E-state index in [9.17, 15) is 9.59 Å². The number of anilines is 2. The first-order valence-corrected chi connectivity index (χ1v) is 10.1. The number of nitrogens with one attached hydrogen (secondary N) is 2. The highest BCUT2D eigenvalue weighted by molar-refractivity contribution is 7.15. The highest BCUT2D eigenvalue weighted by Crippen LogP contribution is 2.16. The summed E-state index contributed by atoms with van der Waals surface area (Å²) in [5.74, 6) is 0.710. The van der Waals surface area contributed by atoms with Gasteiger partial charge < -0.3 is 15.1 Å². The summed E-state index contributed by atoms with van der Waals surface area (Å²) in [4.78, 5) is 36.6. The van der Waals surface area contributed by atoms with Gasteiger partial charge in [0.2, 0.25) is 17.0 Å². The average Bonchev–Trinajstić information content (AvgIpc) is 3.16. The van der Waals surface area contributed by atoms with Crippen LogP contribution in [0, 0.1) is 0 Å². The molecule has 0 radical (unpaired) electrons. The molecule has 28 heavy (non-hydrogen) atoms. The monoisotopic (exact) mass is 404 g/mol. The van der Waals surface area contributed by atoms with Crippen molar-refractivity contribution in [3.05, 3.63) is 23.5 Å². The van der Waals surface area contributed by atoms with E-state index >= 15 is 0 Å². The number of nitrogens with zero attached hydrogens (tertiary/aromatic N) is 6. The predicted molar refractivity (Wildman–Crippen MR) is 106 cm³/mol. The van der Waals surface area contributed by atoms with E-state index in [1.165, 1.54) is 11.3 Å². The quantitative estimate of drug-likeness (QED) is 0.711. The smallest absolute Gasteiger partial charge is 0.321 e. The first-order valence-electron chi connectivity index (χ1n) is 9.32. The van der Waals surface area contributed by atoms with Crippen molar-refractivity contribution >= 4 is 34.4 Å². The molecule has 0 atom stereocenters. The summed E-state index contributed by atoms with van der Waals surface area (Å²) in [7, 11) is 0. The van der Waals surface area contributed by atoms with Crippen LogP contribution in [0.25, 0.3) is 0 Å². The fraction of sp³-hybridized carbons (Fsp3) is 0.529. The Balaban J connectivity index is 1.34. The Bertz CT molecular complexity index is 776. The molecule has 2 N–H and O–H groups in total. The lowest BCUT2D eigenvalue weighted by atomic mass is 10.3. The summed E-state index contributed by atoms with van der Waals surface area (Å²) in [6, 6.07) is 1.40. The van der Waals surface area contributed by atoms with Crippen molar-refractivity contribution in [3.63, 3.8) is 0 Å². The molecule has 2 aromatic rings. The van der Waals surface area contributed by atoms with Crippen LogP contribution in [-0.4, -0.2) is 69.7 Å². The van der Waals surface area contributed by atoms with Crippen LogP contribution in [0.1, 0.15) is 24.8 Å². The topological polar surface area (TPSA) is 116 Å². The Kier molecular flexibility index (Phi) is 7.06. The van der Waals surface area contributed by atoms with E-state index in [2.05, 4.69) is 42.6 Å². The van der Waals surface area contributed by atoms with Crippen molar-refractivity contribution in [1.29, 1.82) is 0 Å². The molecule has 0 aliphatic carbocycles. The van der Waals surface area contributed by atoms with Crippen LogP contribution in [0.5, 0.6) is 0 Å². The van der Waals surface area contributed by atoms with E-state index in [0.717, 1.165) is 17.8 Å². The summed E-state index contributed by atoms with van der Waals surface area (Å²) in [5, 5.41) is 14.6.